The number of nitrogens with zero attached hydrogens (tertiary/aromatic N) is 1. The summed E-state index contributed by atoms with van der Waals surface area (Å²) >= 11 is 1.95. The Kier molecular flexibility index (Phi) is 8.43. The van der Waals surface area contributed by atoms with Gasteiger partial charge in [-0.1, -0.05) is 164 Å². The third kappa shape index (κ3) is 4.96. The molecule has 8 rings (SSSR count). The van der Waals surface area contributed by atoms with E-state index in [4.69, 9.17) is 0 Å². The number of para-hydroxylation sites is 2. The van der Waals surface area contributed by atoms with E-state index in [0.717, 1.165) is 0 Å². The lowest BCUT2D eigenvalue weighted by molar-refractivity contribution is 0.812. The first-order valence-electron chi connectivity index (χ1n) is 18.9. The molecule has 0 saturated carbocycles. The van der Waals surface area contributed by atoms with Crippen LogP contribution in [0.3, 0.4) is 0 Å². The zero-order valence-corrected chi connectivity index (χ0v) is 33.8. The number of anilines is 3. The molecule has 0 aromatic heterocycles. The van der Waals surface area contributed by atoms with Crippen LogP contribution in [0, 0.1) is 0 Å². The van der Waals surface area contributed by atoms with E-state index in [1.807, 2.05) is 11.8 Å². The summed E-state index contributed by atoms with van der Waals surface area (Å²) in [4.78, 5) is 5.30. The molecule has 51 heavy (non-hydrogen) atoms. The maximum atomic E-state index is 2.57. The molecular weight excluding hydrogens is 649 g/mol. The fourth-order valence-electron chi connectivity index (χ4n) is 9.48. The van der Waals surface area contributed by atoms with E-state index in [9.17, 15) is 0 Å². The van der Waals surface area contributed by atoms with Crippen LogP contribution in [0.15, 0.2) is 134 Å². The van der Waals surface area contributed by atoms with E-state index >= 15 is 0 Å². The van der Waals surface area contributed by atoms with Crippen LogP contribution in [-0.2, 0) is 0 Å². The number of hydrogen-bond acceptors (Lipinski definition) is 2. The van der Waals surface area contributed by atoms with Crippen molar-refractivity contribution in [3.05, 3.63) is 141 Å². The van der Waals surface area contributed by atoms with Crippen LogP contribution >= 0.6 is 11.8 Å². The van der Waals surface area contributed by atoms with Crippen molar-refractivity contribution in [3.63, 3.8) is 0 Å². The second kappa shape index (κ2) is 12.6. The molecule has 0 atom stereocenters. The number of fused-ring (bicyclic) bond motifs is 6. The van der Waals surface area contributed by atoms with E-state index in [1.165, 1.54) is 81.5 Å². The average molecular weight is 700 g/mol. The van der Waals surface area contributed by atoms with Crippen LogP contribution in [0.5, 0.6) is 0 Å². The van der Waals surface area contributed by atoms with Crippen LogP contribution in [0.2, 0.25) is 0 Å². The van der Waals surface area contributed by atoms with Crippen molar-refractivity contribution in [3.8, 4) is 0 Å². The fraction of sp³-hybridized carbons (Fsp3) is 0.277. The number of allylic oxidation sites excluding steroid dienone is 4. The van der Waals surface area contributed by atoms with E-state index in [0.29, 0.717) is 17.8 Å². The third-order valence-electron chi connectivity index (χ3n) is 12.4. The fourth-order valence-corrected chi connectivity index (χ4v) is 16.5. The molecule has 0 aliphatic carbocycles. The number of hydrogen-bond donors (Lipinski definition) is 0. The Hall–Kier alpha value is -3.99. The van der Waals surface area contributed by atoms with Gasteiger partial charge in [0, 0.05) is 26.9 Å². The maximum Gasteiger partial charge on any atom is 0.244 e. The molecule has 0 saturated heterocycles. The second-order valence-corrected chi connectivity index (χ2v) is 21.2. The van der Waals surface area contributed by atoms with Gasteiger partial charge in [-0.15, -0.1) is 0 Å². The zero-order valence-electron chi connectivity index (χ0n) is 32.0. The van der Waals surface area contributed by atoms with Gasteiger partial charge in [0.25, 0.3) is 0 Å². The smallest absolute Gasteiger partial charge is 0.244 e. The molecule has 5 aromatic rings. The van der Waals surface area contributed by atoms with Gasteiger partial charge in [0.15, 0.2) is 8.07 Å². The minimum atomic E-state index is -2.33. The molecule has 1 nitrogen and oxygen atoms in total. The van der Waals surface area contributed by atoms with Crippen molar-refractivity contribution in [1.82, 2.24) is 0 Å². The maximum absolute atomic E-state index is 2.57. The Morgan fingerprint density at radius 3 is 1.61 bits per heavy atom. The predicted molar refractivity (Wildman–Crippen MR) is 227 cm³/mol. The highest BCUT2D eigenvalue weighted by Gasteiger charge is 2.52. The van der Waals surface area contributed by atoms with Crippen LogP contribution < -0.4 is 31.7 Å². The summed E-state index contributed by atoms with van der Waals surface area (Å²) in [6, 6.07) is 40.2. The summed E-state index contributed by atoms with van der Waals surface area (Å²) < 4.78 is 0. The largest absolute Gasteiger partial charge is 0.311 e. The molecule has 0 unspecified atom stereocenters. The van der Waals surface area contributed by atoms with Gasteiger partial charge in [-0.25, -0.2) is 0 Å². The average Bonchev–Trinajstić information content (AvgIpc) is 3.29. The molecule has 0 bridgehead atoms. The molecule has 0 amide bonds. The summed E-state index contributed by atoms with van der Waals surface area (Å²) in [5.41, 5.74) is 15.7. The number of benzene rings is 5. The van der Waals surface area contributed by atoms with Gasteiger partial charge >= 0.3 is 0 Å². The van der Waals surface area contributed by atoms with Crippen molar-refractivity contribution in [2.45, 2.75) is 96.8 Å². The Balaban J connectivity index is 1.36. The topological polar surface area (TPSA) is 3.24 Å². The molecule has 3 aliphatic rings. The minimum Gasteiger partial charge on any atom is -0.311 e. The molecule has 256 valence electrons. The third-order valence-corrected chi connectivity index (χ3v) is 19.0. The Labute approximate surface area is 312 Å². The summed E-state index contributed by atoms with van der Waals surface area (Å²) in [6.07, 6.45) is 0. The van der Waals surface area contributed by atoms with Gasteiger partial charge in [-0.05, 0) is 103 Å². The summed E-state index contributed by atoms with van der Waals surface area (Å²) in [5.74, 6) is 1.35. The normalized spacial score (nSPS) is 16.0. The standard InChI is InChI=1S/C47H50BNSSi/c1-28(2)35-25-37(29(3)4)47(38(26-35)30(5)6)48-39-17-11-14-20-43(39)50-44-27-36(23-24-40(44)48)49-41-18-12-15-21-45(41)51(46-22-16-13-19-42(46)49)33(9)31(7)32(8)34(51)10/h11-30H,1-10H3. The first kappa shape index (κ1) is 34.1. The first-order valence-corrected chi connectivity index (χ1v) is 21.7. The van der Waals surface area contributed by atoms with Crippen LogP contribution in [0.4, 0.5) is 17.1 Å². The van der Waals surface area contributed by atoms with Gasteiger partial charge in [0.1, 0.15) is 0 Å². The molecule has 4 heteroatoms. The molecule has 1 spiro atoms. The van der Waals surface area contributed by atoms with E-state index in [2.05, 4.69) is 177 Å². The lowest BCUT2D eigenvalue weighted by Crippen LogP contribution is -2.64. The second-order valence-electron chi connectivity index (χ2n) is 16.0. The van der Waals surface area contributed by atoms with E-state index < -0.39 is 8.07 Å². The molecule has 3 heterocycles. The molecule has 3 aliphatic heterocycles. The zero-order chi connectivity index (χ0) is 35.9. The van der Waals surface area contributed by atoms with Crippen molar-refractivity contribution in [2.24, 2.45) is 0 Å². The number of rotatable bonds is 5. The summed E-state index contributed by atoms with van der Waals surface area (Å²) in [6.45, 7) is 23.9. The summed E-state index contributed by atoms with van der Waals surface area (Å²) in [5, 5.41) is 6.19. The van der Waals surface area contributed by atoms with Gasteiger partial charge in [0.05, 0.1) is 0 Å². The van der Waals surface area contributed by atoms with Gasteiger partial charge in [-0.3, -0.25) is 0 Å². The lowest BCUT2D eigenvalue weighted by atomic mass is 9.34. The van der Waals surface area contributed by atoms with E-state index in [1.54, 1.807) is 10.4 Å². The first-order chi connectivity index (χ1) is 24.5. The highest BCUT2D eigenvalue weighted by Crippen LogP contribution is 2.47. The van der Waals surface area contributed by atoms with Crippen molar-refractivity contribution < 1.29 is 0 Å². The van der Waals surface area contributed by atoms with E-state index in [-0.39, 0.29) is 6.71 Å². The molecule has 5 aromatic carbocycles. The summed E-state index contributed by atoms with van der Waals surface area (Å²) in [7, 11) is -2.33. The highest BCUT2D eigenvalue weighted by molar-refractivity contribution is 8.00. The van der Waals surface area contributed by atoms with Crippen LogP contribution in [0.25, 0.3) is 0 Å². The van der Waals surface area contributed by atoms with Gasteiger partial charge < -0.3 is 4.90 Å². The van der Waals surface area contributed by atoms with Crippen LogP contribution in [0.1, 0.15) is 104 Å². The Morgan fingerprint density at radius 2 is 1.06 bits per heavy atom. The Bertz CT molecular complexity index is 2190. The molecule has 0 fully saturated rings. The monoisotopic (exact) mass is 699 g/mol. The van der Waals surface area contributed by atoms with Crippen molar-refractivity contribution in [1.29, 1.82) is 0 Å². The van der Waals surface area contributed by atoms with Crippen molar-refractivity contribution in [2.75, 3.05) is 4.90 Å². The van der Waals surface area contributed by atoms with Crippen molar-refractivity contribution >= 4 is 70.4 Å². The molecule has 0 N–H and O–H groups in total. The lowest BCUT2D eigenvalue weighted by Gasteiger charge is -2.44. The SMILES string of the molecule is CC1=C(C)[Si]2(C(C)=C1C)c1ccccc1N(c1ccc3c(c1)Sc1ccccc1B3c1c(C(C)C)cc(C(C)C)cc1C(C)C)c1ccccc12. The predicted octanol–water partition coefficient (Wildman–Crippen LogP) is 10.1. The van der Waals surface area contributed by atoms with Gasteiger partial charge in [-0.2, -0.15) is 0 Å². The Morgan fingerprint density at radius 1 is 0.549 bits per heavy atom. The van der Waals surface area contributed by atoms with Gasteiger partial charge in [0.2, 0.25) is 6.71 Å². The van der Waals surface area contributed by atoms with Crippen LogP contribution in [-0.4, -0.2) is 14.8 Å². The molecular formula is C47H50BNSSi. The quantitative estimate of drug-likeness (QED) is 0.165. The molecule has 0 radical (unpaired) electrons. The highest BCUT2D eigenvalue weighted by atomic mass is 32.2. The minimum absolute atomic E-state index is 0.184.